The second-order valence-electron chi connectivity index (χ2n) is 8.76. The number of carboxylic acid groups (broad SMARTS) is 1. The molecule has 4 aromatic rings. The number of carbonyl (C=O) groups is 1. The zero-order chi connectivity index (χ0) is 23.5. The predicted octanol–water partition coefficient (Wildman–Crippen LogP) is 6.74. The summed E-state index contributed by atoms with van der Waals surface area (Å²) in [5, 5.41) is 9.90. The first-order valence-electron chi connectivity index (χ1n) is 11.6. The third kappa shape index (κ3) is 4.03. The van der Waals surface area contributed by atoms with Crippen molar-refractivity contribution in [3.8, 4) is 5.75 Å². The largest absolute Gasteiger partial charge is 0.478 e. The quantitative estimate of drug-likeness (QED) is 0.354. The molecule has 2 atom stereocenters. The second-order valence-corrected chi connectivity index (χ2v) is 8.76. The lowest BCUT2D eigenvalue weighted by Gasteiger charge is -2.36. The number of anilines is 2. The molecule has 0 bridgehead atoms. The van der Waals surface area contributed by atoms with E-state index < -0.39 is 11.6 Å². The number of nitrogens with zero attached hydrogens (tertiary/aromatic N) is 1. The van der Waals surface area contributed by atoms with Crippen molar-refractivity contribution in [3.05, 3.63) is 126 Å². The highest BCUT2D eigenvalue weighted by Crippen LogP contribution is 2.42. The minimum absolute atomic E-state index is 0.269. The van der Waals surface area contributed by atoms with Crippen molar-refractivity contribution in [2.45, 2.75) is 24.9 Å². The maximum Gasteiger partial charge on any atom is 0.352 e. The highest BCUT2D eigenvalue weighted by molar-refractivity contribution is 5.79. The van der Waals surface area contributed by atoms with Gasteiger partial charge in [-0.1, -0.05) is 78.9 Å². The highest BCUT2D eigenvalue weighted by atomic mass is 16.5. The molecule has 170 valence electrons. The SMILES string of the molecule is CC(Oc1ccc(C2CCN(c3ccccc3)c3ccccc32)cc1)(C(=O)O)c1ccccc1. The molecule has 0 aliphatic carbocycles. The Labute approximate surface area is 200 Å². The fourth-order valence-corrected chi connectivity index (χ4v) is 4.77. The first-order valence-corrected chi connectivity index (χ1v) is 11.6. The molecule has 34 heavy (non-hydrogen) atoms. The molecule has 1 N–H and O–H groups in total. The minimum Gasteiger partial charge on any atom is -0.478 e. The van der Waals surface area contributed by atoms with Gasteiger partial charge in [0.15, 0.2) is 0 Å². The van der Waals surface area contributed by atoms with Gasteiger partial charge in [0.1, 0.15) is 5.75 Å². The number of aliphatic carboxylic acids is 1. The van der Waals surface area contributed by atoms with Gasteiger partial charge in [-0.3, -0.25) is 0 Å². The fraction of sp³-hybridized carbons (Fsp3) is 0.167. The van der Waals surface area contributed by atoms with Gasteiger partial charge in [0, 0.05) is 29.4 Å². The maximum absolute atomic E-state index is 12.1. The van der Waals surface area contributed by atoms with Gasteiger partial charge in [0.05, 0.1) is 0 Å². The normalized spacial score (nSPS) is 16.9. The summed E-state index contributed by atoms with van der Waals surface area (Å²) in [4.78, 5) is 14.5. The van der Waals surface area contributed by atoms with Crippen LogP contribution in [0.4, 0.5) is 11.4 Å². The van der Waals surface area contributed by atoms with Crippen molar-refractivity contribution < 1.29 is 14.6 Å². The van der Waals surface area contributed by atoms with E-state index in [1.807, 2.05) is 36.4 Å². The van der Waals surface area contributed by atoms with Crippen LogP contribution in [0.2, 0.25) is 0 Å². The van der Waals surface area contributed by atoms with Crippen molar-refractivity contribution in [1.29, 1.82) is 0 Å². The summed E-state index contributed by atoms with van der Waals surface area (Å²) < 4.78 is 6.03. The van der Waals surface area contributed by atoms with E-state index in [1.54, 1.807) is 19.1 Å². The molecular weight excluding hydrogens is 422 g/mol. The van der Waals surface area contributed by atoms with E-state index in [-0.39, 0.29) is 5.92 Å². The lowest BCUT2D eigenvalue weighted by Crippen LogP contribution is -2.38. The van der Waals surface area contributed by atoms with Crippen LogP contribution in [0.15, 0.2) is 109 Å². The lowest BCUT2D eigenvalue weighted by molar-refractivity contribution is -0.154. The van der Waals surface area contributed by atoms with Crippen molar-refractivity contribution in [2.75, 3.05) is 11.4 Å². The lowest BCUT2D eigenvalue weighted by atomic mass is 9.84. The minimum atomic E-state index is -1.46. The molecule has 0 saturated carbocycles. The van der Waals surface area contributed by atoms with E-state index in [1.165, 1.54) is 22.5 Å². The first-order chi connectivity index (χ1) is 16.6. The van der Waals surface area contributed by atoms with Gasteiger partial charge in [0.2, 0.25) is 5.60 Å². The van der Waals surface area contributed by atoms with Crippen molar-refractivity contribution in [2.24, 2.45) is 0 Å². The van der Waals surface area contributed by atoms with Gasteiger partial charge in [0.25, 0.3) is 0 Å². The molecule has 1 aliphatic rings. The first kappa shape index (κ1) is 21.8. The Balaban J connectivity index is 1.42. The summed E-state index contributed by atoms with van der Waals surface area (Å²) in [5.74, 6) is -0.220. The van der Waals surface area contributed by atoms with Gasteiger partial charge in [-0.15, -0.1) is 0 Å². The van der Waals surface area contributed by atoms with Crippen LogP contribution in [0.1, 0.15) is 36.0 Å². The fourth-order valence-electron chi connectivity index (χ4n) is 4.77. The van der Waals surface area contributed by atoms with Crippen LogP contribution in [0.3, 0.4) is 0 Å². The molecule has 0 spiro atoms. The Hall–Kier alpha value is -4.05. The molecule has 4 aromatic carbocycles. The van der Waals surface area contributed by atoms with Gasteiger partial charge >= 0.3 is 5.97 Å². The molecule has 0 radical (unpaired) electrons. The summed E-state index contributed by atoms with van der Waals surface area (Å²) in [5.41, 5.74) is 4.07. The number of para-hydroxylation sites is 2. The summed E-state index contributed by atoms with van der Waals surface area (Å²) in [6, 6.07) is 36.0. The number of carboxylic acids is 1. The molecule has 0 amide bonds. The van der Waals surface area contributed by atoms with E-state index in [4.69, 9.17) is 4.74 Å². The van der Waals surface area contributed by atoms with Gasteiger partial charge in [-0.25, -0.2) is 4.79 Å². The van der Waals surface area contributed by atoms with E-state index in [2.05, 4.69) is 65.6 Å². The molecule has 4 nitrogen and oxygen atoms in total. The van der Waals surface area contributed by atoms with E-state index in [0.717, 1.165) is 13.0 Å². The van der Waals surface area contributed by atoms with Crippen LogP contribution in [0, 0.1) is 0 Å². The zero-order valence-corrected chi connectivity index (χ0v) is 19.1. The number of benzene rings is 4. The molecule has 2 unspecified atom stereocenters. The molecule has 0 saturated heterocycles. The summed E-state index contributed by atoms with van der Waals surface area (Å²) in [6.07, 6.45) is 0.989. The number of rotatable bonds is 6. The van der Waals surface area contributed by atoms with Gasteiger partial charge in [-0.05, 0) is 54.8 Å². The Morgan fingerprint density at radius 1 is 0.853 bits per heavy atom. The van der Waals surface area contributed by atoms with Crippen LogP contribution in [0.25, 0.3) is 0 Å². The number of fused-ring (bicyclic) bond motifs is 1. The molecule has 4 heteroatoms. The molecular formula is C30H27NO3. The number of hydrogen-bond donors (Lipinski definition) is 1. The summed E-state index contributed by atoms with van der Waals surface area (Å²) in [6.45, 7) is 2.52. The third-order valence-electron chi connectivity index (χ3n) is 6.65. The Morgan fingerprint density at radius 2 is 1.47 bits per heavy atom. The van der Waals surface area contributed by atoms with E-state index in [9.17, 15) is 9.90 Å². The second kappa shape index (κ2) is 9.06. The monoisotopic (exact) mass is 449 g/mol. The standard InChI is InChI=1S/C30H27NO3/c1-30(29(32)33,23-10-4-2-5-11-23)34-25-18-16-22(17-19-25)26-20-21-31(24-12-6-3-7-13-24)28-15-9-8-14-27(26)28/h2-19,26H,20-21H2,1H3,(H,32,33). The van der Waals surface area contributed by atoms with E-state index >= 15 is 0 Å². The van der Waals surface area contributed by atoms with Crippen LogP contribution in [-0.2, 0) is 10.4 Å². The van der Waals surface area contributed by atoms with Crippen molar-refractivity contribution >= 4 is 17.3 Å². The van der Waals surface area contributed by atoms with Gasteiger partial charge in [-0.2, -0.15) is 0 Å². The smallest absolute Gasteiger partial charge is 0.352 e. The predicted molar refractivity (Wildman–Crippen MR) is 135 cm³/mol. The zero-order valence-electron chi connectivity index (χ0n) is 19.1. The molecule has 5 rings (SSSR count). The maximum atomic E-state index is 12.1. The highest BCUT2D eigenvalue weighted by Gasteiger charge is 2.38. The topological polar surface area (TPSA) is 49.8 Å². The number of hydrogen-bond acceptors (Lipinski definition) is 3. The molecule has 0 fully saturated rings. The summed E-state index contributed by atoms with van der Waals surface area (Å²) >= 11 is 0. The Morgan fingerprint density at radius 3 is 2.15 bits per heavy atom. The average molecular weight is 450 g/mol. The Kier molecular flexibility index (Phi) is 5.81. The molecule has 1 aliphatic heterocycles. The van der Waals surface area contributed by atoms with Crippen LogP contribution in [-0.4, -0.2) is 17.6 Å². The van der Waals surface area contributed by atoms with E-state index in [0.29, 0.717) is 11.3 Å². The molecule has 1 heterocycles. The van der Waals surface area contributed by atoms with Crippen LogP contribution < -0.4 is 9.64 Å². The van der Waals surface area contributed by atoms with Crippen LogP contribution >= 0.6 is 0 Å². The number of ether oxygens (including phenoxy) is 1. The average Bonchev–Trinajstić information content (AvgIpc) is 2.89. The molecule has 0 aromatic heterocycles. The Bertz CT molecular complexity index is 1270. The summed E-state index contributed by atoms with van der Waals surface area (Å²) in [7, 11) is 0. The third-order valence-corrected chi connectivity index (χ3v) is 6.65. The van der Waals surface area contributed by atoms with Crippen molar-refractivity contribution in [1.82, 2.24) is 0 Å². The van der Waals surface area contributed by atoms with Crippen molar-refractivity contribution in [3.63, 3.8) is 0 Å². The van der Waals surface area contributed by atoms with Gasteiger partial charge < -0.3 is 14.7 Å². The van der Waals surface area contributed by atoms with Crippen LogP contribution in [0.5, 0.6) is 5.75 Å².